The molecule has 0 heterocycles. The summed E-state index contributed by atoms with van der Waals surface area (Å²) in [5, 5.41) is 1.41. The molecule has 0 saturated heterocycles. The first-order chi connectivity index (χ1) is 11.2. The molecule has 2 nitrogen and oxygen atoms in total. The standard InChI is InChI=1S/C19H16BrO2P/c20-19-14-8-7-9-16(19)15-22-23(21,17-10-3-1-4-11-17)18-12-5-2-6-13-18/h1-14H,15H2. The van der Waals surface area contributed by atoms with Gasteiger partial charge in [-0.15, -0.1) is 0 Å². The summed E-state index contributed by atoms with van der Waals surface area (Å²) < 4.78 is 20.6. The van der Waals surface area contributed by atoms with Crippen LogP contribution in [0, 0.1) is 0 Å². The Hall–Kier alpha value is -1.67. The van der Waals surface area contributed by atoms with E-state index in [0.29, 0.717) is 10.6 Å². The van der Waals surface area contributed by atoms with Gasteiger partial charge in [0.1, 0.15) is 0 Å². The minimum Gasteiger partial charge on any atom is -0.317 e. The zero-order valence-corrected chi connectivity index (χ0v) is 14.9. The maximum Gasteiger partial charge on any atom is 0.261 e. The van der Waals surface area contributed by atoms with Crippen LogP contribution in [0.15, 0.2) is 89.4 Å². The highest BCUT2D eigenvalue weighted by Crippen LogP contribution is 2.45. The van der Waals surface area contributed by atoms with Crippen molar-refractivity contribution in [1.29, 1.82) is 0 Å². The zero-order valence-electron chi connectivity index (χ0n) is 12.4. The average Bonchev–Trinajstić information content (AvgIpc) is 2.62. The average molecular weight is 387 g/mol. The van der Waals surface area contributed by atoms with Gasteiger partial charge < -0.3 is 4.52 Å². The Morgan fingerprint density at radius 1 is 0.739 bits per heavy atom. The van der Waals surface area contributed by atoms with Crippen LogP contribution in [0.5, 0.6) is 0 Å². The summed E-state index contributed by atoms with van der Waals surface area (Å²) in [5.74, 6) is 0. The first-order valence-corrected chi connectivity index (χ1v) is 9.71. The van der Waals surface area contributed by atoms with Crippen LogP contribution in [0.4, 0.5) is 0 Å². The van der Waals surface area contributed by atoms with Crippen molar-refractivity contribution in [2.75, 3.05) is 0 Å². The van der Waals surface area contributed by atoms with Gasteiger partial charge in [-0.05, 0) is 35.9 Å². The van der Waals surface area contributed by atoms with Gasteiger partial charge in [0, 0.05) is 15.1 Å². The van der Waals surface area contributed by atoms with E-state index >= 15 is 0 Å². The van der Waals surface area contributed by atoms with Crippen LogP contribution in [0.25, 0.3) is 0 Å². The maximum atomic E-state index is 13.7. The van der Waals surface area contributed by atoms with Crippen LogP contribution in [-0.4, -0.2) is 0 Å². The lowest BCUT2D eigenvalue weighted by Gasteiger charge is -2.20. The molecular formula is C19H16BrO2P. The zero-order chi connectivity index (χ0) is 16.1. The van der Waals surface area contributed by atoms with Crippen LogP contribution in [-0.2, 0) is 15.7 Å². The van der Waals surface area contributed by atoms with Crippen molar-refractivity contribution < 1.29 is 9.09 Å². The van der Waals surface area contributed by atoms with Crippen molar-refractivity contribution in [1.82, 2.24) is 0 Å². The van der Waals surface area contributed by atoms with Gasteiger partial charge in [-0.1, -0.05) is 70.5 Å². The third-order valence-corrected chi connectivity index (χ3v) is 6.77. The lowest BCUT2D eigenvalue weighted by molar-refractivity contribution is 0.315. The van der Waals surface area contributed by atoms with Crippen molar-refractivity contribution in [3.05, 3.63) is 95.0 Å². The molecule has 0 saturated carbocycles. The summed E-state index contributed by atoms with van der Waals surface area (Å²) in [7, 11) is -3.13. The summed E-state index contributed by atoms with van der Waals surface area (Å²) in [4.78, 5) is 0. The molecule has 0 aliphatic heterocycles. The van der Waals surface area contributed by atoms with Crippen LogP contribution in [0.1, 0.15) is 5.56 Å². The second-order valence-electron chi connectivity index (χ2n) is 5.09. The highest BCUT2D eigenvalue weighted by molar-refractivity contribution is 9.10. The van der Waals surface area contributed by atoms with E-state index in [1.54, 1.807) is 0 Å². The van der Waals surface area contributed by atoms with Gasteiger partial charge in [-0.2, -0.15) is 0 Å². The van der Waals surface area contributed by atoms with Crippen molar-refractivity contribution in [3.63, 3.8) is 0 Å². The van der Waals surface area contributed by atoms with Gasteiger partial charge in [0.25, 0.3) is 7.37 Å². The van der Waals surface area contributed by atoms with Crippen LogP contribution in [0.3, 0.4) is 0 Å². The van der Waals surface area contributed by atoms with Gasteiger partial charge in [0.15, 0.2) is 0 Å². The third kappa shape index (κ3) is 3.64. The van der Waals surface area contributed by atoms with E-state index < -0.39 is 7.37 Å². The van der Waals surface area contributed by atoms with Crippen molar-refractivity contribution in [2.45, 2.75) is 6.61 Å². The fraction of sp³-hybridized carbons (Fsp3) is 0.0526. The van der Waals surface area contributed by atoms with Crippen molar-refractivity contribution in [3.8, 4) is 0 Å². The molecule has 0 N–H and O–H groups in total. The first-order valence-electron chi connectivity index (χ1n) is 7.29. The molecule has 0 aliphatic rings. The van der Waals surface area contributed by atoms with Crippen molar-refractivity contribution >= 4 is 33.9 Å². The summed E-state index contributed by atoms with van der Waals surface area (Å²) in [6.07, 6.45) is 0. The molecule has 0 aromatic heterocycles. The van der Waals surface area contributed by atoms with Gasteiger partial charge in [-0.25, -0.2) is 0 Å². The largest absolute Gasteiger partial charge is 0.317 e. The monoisotopic (exact) mass is 386 g/mol. The molecule has 0 bridgehead atoms. The Morgan fingerprint density at radius 3 is 1.74 bits per heavy atom. The Labute approximate surface area is 144 Å². The van der Waals surface area contributed by atoms with E-state index in [4.69, 9.17) is 4.52 Å². The van der Waals surface area contributed by atoms with Crippen LogP contribution < -0.4 is 10.6 Å². The van der Waals surface area contributed by atoms with Gasteiger partial charge in [0.2, 0.25) is 0 Å². The van der Waals surface area contributed by atoms with E-state index in [0.717, 1.165) is 10.0 Å². The SMILES string of the molecule is O=P(OCc1ccccc1Br)(c1ccccc1)c1ccccc1. The molecule has 0 spiro atoms. The topological polar surface area (TPSA) is 26.3 Å². The summed E-state index contributed by atoms with van der Waals surface area (Å²) in [5.41, 5.74) is 0.972. The first kappa shape index (κ1) is 16.2. The van der Waals surface area contributed by atoms with E-state index in [9.17, 15) is 4.57 Å². The molecule has 0 aliphatic carbocycles. The summed E-state index contributed by atoms with van der Waals surface area (Å²) in [6, 6.07) is 26.6. The number of hydrogen-bond donors (Lipinski definition) is 0. The maximum absolute atomic E-state index is 13.7. The normalized spacial score (nSPS) is 11.3. The lowest BCUT2D eigenvalue weighted by Crippen LogP contribution is -2.18. The van der Waals surface area contributed by atoms with E-state index in [2.05, 4.69) is 15.9 Å². The number of hydrogen-bond acceptors (Lipinski definition) is 2. The third-order valence-electron chi connectivity index (χ3n) is 3.55. The van der Waals surface area contributed by atoms with E-state index in [1.807, 2.05) is 84.9 Å². The van der Waals surface area contributed by atoms with Crippen LogP contribution >= 0.6 is 23.3 Å². The highest BCUT2D eigenvalue weighted by Gasteiger charge is 2.28. The van der Waals surface area contributed by atoms with Gasteiger partial charge >= 0.3 is 0 Å². The van der Waals surface area contributed by atoms with Gasteiger partial charge in [-0.3, -0.25) is 4.57 Å². The molecule has 0 atom stereocenters. The molecular weight excluding hydrogens is 371 g/mol. The molecule has 116 valence electrons. The fourth-order valence-corrected chi connectivity index (χ4v) is 4.77. The number of halogens is 1. The van der Waals surface area contributed by atoms with Crippen molar-refractivity contribution in [2.24, 2.45) is 0 Å². The molecule has 3 aromatic rings. The number of benzene rings is 3. The second kappa shape index (κ2) is 7.27. The smallest absolute Gasteiger partial charge is 0.261 e. The molecule has 0 amide bonds. The van der Waals surface area contributed by atoms with Crippen LogP contribution in [0.2, 0.25) is 0 Å². The molecule has 3 rings (SSSR count). The Balaban J connectivity index is 1.97. The predicted molar refractivity (Wildman–Crippen MR) is 98.7 cm³/mol. The molecule has 0 unspecified atom stereocenters. The van der Waals surface area contributed by atoms with E-state index in [1.165, 1.54) is 0 Å². The summed E-state index contributed by atoms with van der Waals surface area (Å²) in [6.45, 7) is 0.280. The quantitative estimate of drug-likeness (QED) is 0.583. The molecule has 3 aromatic carbocycles. The molecule has 23 heavy (non-hydrogen) atoms. The Bertz CT molecular complexity index is 776. The Kier molecular flexibility index (Phi) is 5.12. The lowest BCUT2D eigenvalue weighted by atomic mass is 10.2. The molecule has 0 fully saturated rings. The minimum absolute atomic E-state index is 0.280. The number of rotatable bonds is 5. The highest BCUT2D eigenvalue weighted by atomic mass is 79.9. The second-order valence-corrected chi connectivity index (χ2v) is 8.34. The Morgan fingerprint density at radius 2 is 1.22 bits per heavy atom. The predicted octanol–water partition coefficient (Wildman–Crippen LogP) is 4.89. The van der Waals surface area contributed by atoms with Gasteiger partial charge in [0.05, 0.1) is 6.61 Å². The minimum atomic E-state index is -3.13. The van der Waals surface area contributed by atoms with E-state index in [-0.39, 0.29) is 6.61 Å². The fourth-order valence-electron chi connectivity index (χ4n) is 2.32. The summed E-state index contributed by atoms with van der Waals surface area (Å²) >= 11 is 3.51. The molecule has 4 heteroatoms. The molecule has 0 radical (unpaired) electrons.